The zero-order chi connectivity index (χ0) is 18.4. The lowest BCUT2D eigenvalue weighted by atomic mass is 10.2. The SMILES string of the molecule is COc1ccc(CN=C(N)NCc2ccn(C3CCCC3)n2)cc1OC.I. The van der Waals surface area contributed by atoms with Crippen LogP contribution < -0.4 is 20.5 Å². The lowest BCUT2D eigenvalue weighted by molar-refractivity contribution is 0.354. The average Bonchev–Trinajstić information content (AvgIpc) is 3.35. The molecule has 0 spiro atoms. The Bertz CT molecular complexity index is 756. The zero-order valence-corrected chi connectivity index (χ0v) is 18.2. The number of hydrogen-bond acceptors (Lipinski definition) is 4. The molecule has 1 saturated carbocycles. The van der Waals surface area contributed by atoms with Gasteiger partial charge in [0.15, 0.2) is 17.5 Å². The van der Waals surface area contributed by atoms with Gasteiger partial charge in [0.2, 0.25) is 0 Å². The maximum Gasteiger partial charge on any atom is 0.189 e. The molecule has 0 unspecified atom stereocenters. The first-order valence-electron chi connectivity index (χ1n) is 8.98. The fraction of sp³-hybridized carbons (Fsp3) is 0.474. The van der Waals surface area contributed by atoms with Gasteiger partial charge in [-0.15, -0.1) is 24.0 Å². The van der Waals surface area contributed by atoms with Crippen molar-refractivity contribution in [2.24, 2.45) is 10.7 Å². The molecule has 1 aromatic heterocycles. The highest BCUT2D eigenvalue weighted by Crippen LogP contribution is 2.29. The van der Waals surface area contributed by atoms with Crippen LogP contribution in [-0.4, -0.2) is 30.0 Å². The monoisotopic (exact) mass is 485 g/mol. The third-order valence-electron chi connectivity index (χ3n) is 4.69. The summed E-state index contributed by atoms with van der Waals surface area (Å²) >= 11 is 0. The van der Waals surface area contributed by atoms with Gasteiger partial charge in [0.05, 0.1) is 39.0 Å². The molecule has 148 valence electrons. The second-order valence-corrected chi connectivity index (χ2v) is 6.47. The number of rotatable bonds is 7. The first-order chi connectivity index (χ1) is 12.7. The number of halogens is 1. The van der Waals surface area contributed by atoms with Crippen LogP contribution in [0.2, 0.25) is 0 Å². The zero-order valence-electron chi connectivity index (χ0n) is 15.9. The summed E-state index contributed by atoms with van der Waals surface area (Å²) in [7, 11) is 3.23. The van der Waals surface area contributed by atoms with Gasteiger partial charge in [-0.2, -0.15) is 5.10 Å². The van der Waals surface area contributed by atoms with Gasteiger partial charge in [0.1, 0.15) is 0 Å². The van der Waals surface area contributed by atoms with Gasteiger partial charge in [-0.25, -0.2) is 4.99 Å². The molecule has 0 aliphatic heterocycles. The molecule has 8 heteroatoms. The van der Waals surface area contributed by atoms with Gasteiger partial charge >= 0.3 is 0 Å². The van der Waals surface area contributed by atoms with Crippen LogP contribution in [0.1, 0.15) is 43.0 Å². The fourth-order valence-corrected chi connectivity index (χ4v) is 3.24. The van der Waals surface area contributed by atoms with Crippen molar-refractivity contribution in [2.45, 2.75) is 44.8 Å². The molecule has 1 aliphatic rings. The highest BCUT2D eigenvalue weighted by atomic mass is 127. The predicted octanol–water partition coefficient (Wildman–Crippen LogP) is 3.24. The molecule has 0 amide bonds. The van der Waals surface area contributed by atoms with Crippen molar-refractivity contribution < 1.29 is 9.47 Å². The van der Waals surface area contributed by atoms with E-state index < -0.39 is 0 Å². The van der Waals surface area contributed by atoms with E-state index in [2.05, 4.69) is 26.3 Å². The molecule has 0 atom stereocenters. The van der Waals surface area contributed by atoms with Gasteiger partial charge in [-0.3, -0.25) is 4.68 Å². The van der Waals surface area contributed by atoms with Crippen LogP contribution in [-0.2, 0) is 13.1 Å². The minimum Gasteiger partial charge on any atom is -0.493 e. The number of hydrogen-bond donors (Lipinski definition) is 2. The standard InChI is InChI=1S/C19H27N5O2.HI/c1-25-17-8-7-14(11-18(17)26-2)12-21-19(20)22-13-15-9-10-24(23-15)16-5-3-4-6-16;/h7-11,16H,3-6,12-13H2,1-2H3,(H3,20,21,22);1H. The quantitative estimate of drug-likeness (QED) is 0.357. The van der Waals surface area contributed by atoms with Gasteiger partial charge in [0.25, 0.3) is 0 Å². The van der Waals surface area contributed by atoms with E-state index >= 15 is 0 Å². The smallest absolute Gasteiger partial charge is 0.189 e. The van der Waals surface area contributed by atoms with Gasteiger partial charge in [-0.1, -0.05) is 18.9 Å². The Labute approximate surface area is 177 Å². The van der Waals surface area contributed by atoms with Crippen molar-refractivity contribution in [1.82, 2.24) is 15.1 Å². The van der Waals surface area contributed by atoms with Crippen LogP contribution in [0, 0.1) is 0 Å². The van der Waals surface area contributed by atoms with Crippen molar-refractivity contribution in [3.63, 3.8) is 0 Å². The molecule has 3 N–H and O–H groups in total. The van der Waals surface area contributed by atoms with Crippen LogP contribution in [0.5, 0.6) is 11.5 Å². The number of aliphatic imine (C=N–C) groups is 1. The number of ether oxygens (including phenoxy) is 2. The Kier molecular flexibility index (Phi) is 8.21. The van der Waals surface area contributed by atoms with E-state index in [1.807, 2.05) is 24.3 Å². The first kappa shape index (κ1) is 21.3. The molecular weight excluding hydrogens is 457 g/mol. The number of nitrogens with one attached hydrogen (secondary N) is 1. The summed E-state index contributed by atoms with van der Waals surface area (Å²) < 4.78 is 12.6. The minimum absolute atomic E-state index is 0. The Hall–Kier alpha value is -1.97. The van der Waals surface area contributed by atoms with Crippen LogP contribution >= 0.6 is 24.0 Å². The molecule has 1 fully saturated rings. The average molecular weight is 485 g/mol. The Morgan fingerprint density at radius 3 is 2.67 bits per heavy atom. The highest BCUT2D eigenvalue weighted by Gasteiger charge is 2.17. The molecule has 0 saturated heterocycles. The topological polar surface area (TPSA) is 86.7 Å². The largest absolute Gasteiger partial charge is 0.493 e. The van der Waals surface area contributed by atoms with Crippen LogP contribution in [0.4, 0.5) is 0 Å². The summed E-state index contributed by atoms with van der Waals surface area (Å²) in [5.41, 5.74) is 7.94. The van der Waals surface area contributed by atoms with Gasteiger partial charge < -0.3 is 20.5 Å². The number of benzene rings is 1. The summed E-state index contributed by atoms with van der Waals surface area (Å²) in [6.07, 6.45) is 7.11. The van der Waals surface area contributed by atoms with Crippen molar-refractivity contribution in [2.75, 3.05) is 14.2 Å². The Morgan fingerprint density at radius 1 is 1.22 bits per heavy atom. The minimum atomic E-state index is 0. The second-order valence-electron chi connectivity index (χ2n) is 6.47. The van der Waals surface area contributed by atoms with Crippen LogP contribution in [0.3, 0.4) is 0 Å². The maximum atomic E-state index is 5.97. The summed E-state index contributed by atoms with van der Waals surface area (Å²) in [6.45, 7) is 1.04. The molecule has 7 nitrogen and oxygen atoms in total. The molecule has 1 aliphatic carbocycles. The lowest BCUT2D eigenvalue weighted by Gasteiger charge is -2.09. The van der Waals surface area contributed by atoms with E-state index in [0.29, 0.717) is 36.6 Å². The maximum absolute atomic E-state index is 5.97. The molecule has 0 bridgehead atoms. The molecular formula is C19H28IN5O2. The van der Waals surface area contributed by atoms with Crippen LogP contribution in [0.25, 0.3) is 0 Å². The van der Waals surface area contributed by atoms with E-state index in [0.717, 1.165) is 11.3 Å². The number of methoxy groups -OCH3 is 2. The molecule has 0 radical (unpaired) electrons. The van der Waals surface area contributed by atoms with Crippen molar-refractivity contribution in [3.8, 4) is 11.5 Å². The van der Waals surface area contributed by atoms with Crippen molar-refractivity contribution in [1.29, 1.82) is 0 Å². The number of aromatic nitrogens is 2. The molecule has 1 aromatic carbocycles. The lowest BCUT2D eigenvalue weighted by Crippen LogP contribution is -2.31. The molecule has 3 rings (SSSR count). The van der Waals surface area contributed by atoms with E-state index in [1.165, 1.54) is 25.7 Å². The number of nitrogens with two attached hydrogens (primary N) is 1. The van der Waals surface area contributed by atoms with Crippen molar-refractivity contribution in [3.05, 3.63) is 41.7 Å². The van der Waals surface area contributed by atoms with E-state index in [9.17, 15) is 0 Å². The summed E-state index contributed by atoms with van der Waals surface area (Å²) in [5.74, 6) is 1.78. The predicted molar refractivity (Wildman–Crippen MR) is 117 cm³/mol. The van der Waals surface area contributed by atoms with Gasteiger partial charge in [-0.05, 0) is 36.6 Å². The summed E-state index contributed by atoms with van der Waals surface area (Å²) in [4.78, 5) is 4.38. The van der Waals surface area contributed by atoms with Crippen LogP contribution in [0.15, 0.2) is 35.5 Å². The van der Waals surface area contributed by atoms with E-state index in [-0.39, 0.29) is 24.0 Å². The third kappa shape index (κ3) is 5.75. The fourth-order valence-electron chi connectivity index (χ4n) is 3.24. The van der Waals surface area contributed by atoms with Crippen molar-refractivity contribution >= 4 is 29.9 Å². The second kappa shape index (κ2) is 10.4. The Balaban J connectivity index is 0.00000261. The van der Waals surface area contributed by atoms with E-state index in [4.69, 9.17) is 15.2 Å². The molecule has 27 heavy (non-hydrogen) atoms. The first-order valence-corrected chi connectivity index (χ1v) is 8.98. The highest BCUT2D eigenvalue weighted by molar-refractivity contribution is 14.0. The summed E-state index contributed by atoms with van der Waals surface area (Å²) in [6, 6.07) is 8.30. The molecule has 1 heterocycles. The van der Waals surface area contributed by atoms with Gasteiger partial charge in [0, 0.05) is 6.20 Å². The molecule has 2 aromatic rings. The van der Waals surface area contributed by atoms with E-state index in [1.54, 1.807) is 14.2 Å². The third-order valence-corrected chi connectivity index (χ3v) is 4.69. The number of nitrogens with zero attached hydrogens (tertiary/aromatic N) is 3. The number of guanidine groups is 1. The normalized spacial score (nSPS) is 14.7. The summed E-state index contributed by atoms with van der Waals surface area (Å²) in [5, 5.41) is 7.76. The Morgan fingerprint density at radius 2 is 1.96 bits per heavy atom.